The van der Waals surface area contributed by atoms with E-state index in [2.05, 4.69) is 9.72 Å². The number of hydrogen-bond acceptors (Lipinski definition) is 8. The molecule has 0 saturated carbocycles. The van der Waals surface area contributed by atoms with Crippen LogP contribution in [0.1, 0.15) is 25.1 Å². The second-order valence-corrected chi connectivity index (χ2v) is 8.65. The van der Waals surface area contributed by atoms with Crippen LogP contribution in [0.3, 0.4) is 0 Å². The lowest BCUT2D eigenvalue weighted by atomic mass is 9.99. The van der Waals surface area contributed by atoms with Gasteiger partial charge < -0.3 is 28.8 Å². The fourth-order valence-corrected chi connectivity index (χ4v) is 4.01. The van der Waals surface area contributed by atoms with E-state index in [1.807, 2.05) is 0 Å². The molecule has 41 heavy (non-hydrogen) atoms. The normalized spacial score (nSPS) is 12.1. The summed E-state index contributed by atoms with van der Waals surface area (Å²) >= 11 is 0. The van der Waals surface area contributed by atoms with Gasteiger partial charge in [0.05, 0.1) is 18.7 Å². The molecule has 0 aliphatic carbocycles. The van der Waals surface area contributed by atoms with Crippen LogP contribution in [0, 0.1) is 12.7 Å². The minimum atomic E-state index is -4.80. The number of rotatable bonds is 9. The molecule has 0 radical (unpaired) electrons. The molecule has 0 spiro atoms. The van der Waals surface area contributed by atoms with Crippen LogP contribution < -0.4 is 14.2 Å². The number of aliphatic hydroxyl groups is 1. The maximum Gasteiger partial charge on any atom is 0.573 e. The first-order valence-corrected chi connectivity index (χ1v) is 12.3. The van der Waals surface area contributed by atoms with Crippen molar-refractivity contribution in [2.45, 2.75) is 40.0 Å². The number of aromatic nitrogens is 1. The Morgan fingerprint density at radius 3 is 2.20 bits per heavy atom. The summed E-state index contributed by atoms with van der Waals surface area (Å²) in [7, 11) is 0. The molecule has 0 fully saturated rings. The second kappa shape index (κ2) is 12.3. The summed E-state index contributed by atoms with van der Waals surface area (Å²) in [6, 6.07) is 14.1. The standard InChI is InChI=1S/C29H25F4NO7/c1-4-37-28(36)39-17(3)38-27-23-14-24(30)19(15-35)13-25(23)34-16(2)26(27)18-5-7-20(8-6-18)40-21-9-11-22(12-10-21)41-29(31,32)33/h5-14,17,35H,4,15H2,1-3H3. The minimum absolute atomic E-state index is 0.0541. The Bertz CT molecular complexity index is 1520. The van der Waals surface area contributed by atoms with E-state index in [0.717, 1.165) is 12.1 Å². The van der Waals surface area contributed by atoms with Crippen molar-refractivity contribution >= 4 is 17.1 Å². The van der Waals surface area contributed by atoms with Crippen molar-refractivity contribution in [3.8, 4) is 34.1 Å². The van der Waals surface area contributed by atoms with E-state index in [1.165, 1.54) is 31.2 Å². The van der Waals surface area contributed by atoms with Gasteiger partial charge in [0.1, 0.15) is 28.8 Å². The molecule has 0 aliphatic rings. The highest BCUT2D eigenvalue weighted by molar-refractivity contribution is 5.94. The van der Waals surface area contributed by atoms with Gasteiger partial charge in [-0.15, -0.1) is 13.2 Å². The van der Waals surface area contributed by atoms with Gasteiger partial charge >= 0.3 is 12.5 Å². The number of benzene rings is 3. The van der Waals surface area contributed by atoms with E-state index in [0.29, 0.717) is 28.1 Å². The molecule has 8 nitrogen and oxygen atoms in total. The van der Waals surface area contributed by atoms with Crippen LogP contribution in [-0.4, -0.2) is 35.5 Å². The van der Waals surface area contributed by atoms with Crippen molar-refractivity contribution in [2.75, 3.05) is 6.61 Å². The quantitative estimate of drug-likeness (QED) is 0.125. The molecule has 1 atom stereocenters. The number of aryl methyl sites for hydroxylation is 1. The Kier molecular flexibility index (Phi) is 8.82. The van der Waals surface area contributed by atoms with Crippen LogP contribution in [0.2, 0.25) is 0 Å². The van der Waals surface area contributed by atoms with Crippen molar-refractivity contribution in [3.05, 3.63) is 77.7 Å². The van der Waals surface area contributed by atoms with Gasteiger partial charge in [0.2, 0.25) is 6.29 Å². The number of nitrogens with zero attached hydrogens (tertiary/aromatic N) is 1. The molecule has 4 aromatic rings. The maximum absolute atomic E-state index is 14.7. The van der Waals surface area contributed by atoms with Crippen LogP contribution in [0.15, 0.2) is 60.7 Å². The Hall–Kier alpha value is -4.58. The third-order valence-corrected chi connectivity index (χ3v) is 5.70. The predicted molar refractivity (Wildman–Crippen MR) is 139 cm³/mol. The highest BCUT2D eigenvalue weighted by Crippen LogP contribution is 2.40. The Morgan fingerprint density at radius 1 is 1.00 bits per heavy atom. The van der Waals surface area contributed by atoms with Gasteiger partial charge in [-0.05, 0) is 67.9 Å². The average molecular weight is 576 g/mol. The molecule has 216 valence electrons. The molecular formula is C29H25F4NO7. The summed E-state index contributed by atoms with van der Waals surface area (Å²) < 4.78 is 77.4. The van der Waals surface area contributed by atoms with Crippen LogP contribution in [0.5, 0.6) is 23.0 Å². The molecule has 1 N–H and O–H groups in total. The number of pyridine rings is 1. The highest BCUT2D eigenvalue weighted by atomic mass is 19.4. The number of halogens is 4. The third kappa shape index (κ3) is 7.34. The lowest BCUT2D eigenvalue weighted by Crippen LogP contribution is -2.22. The van der Waals surface area contributed by atoms with Gasteiger partial charge in [0.25, 0.3) is 0 Å². The first-order chi connectivity index (χ1) is 19.5. The van der Waals surface area contributed by atoms with E-state index in [1.54, 1.807) is 38.1 Å². The van der Waals surface area contributed by atoms with Gasteiger partial charge in [-0.2, -0.15) is 0 Å². The Balaban J connectivity index is 1.67. The SMILES string of the molecule is CCOC(=O)OC(C)Oc1c(-c2ccc(Oc3ccc(OC(F)(F)F)cc3)cc2)c(C)nc2cc(CO)c(F)cc12. The Labute approximate surface area is 232 Å². The summed E-state index contributed by atoms with van der Waals surface area (Å²) in [5.74, 6) is -0.210. The number of aliphatic hydroxyl groups excluding tert-OH is 1. The summed E-state index contributed by atoms with van der Waals surface area (Å²) in [5, 5.41) is 9.78. The van der Waals surface area contributed by atoms with Gasteiger partial charge in [-0.25, -0.2) is 9.18 Å². The zero-order valence-corrected chi connectivity index (χ0v) is 22.1. The molecule has 1 heterocycles. The predicted octanol–water partition coefficient (Wildman–Crippen LogP) is 7.43. The molecular weight excluding hydrogens is 550 g/mol. The van der Waals surface area contributed by atoms with E-state index < -0.39 is 31.2 Å². The van der Waals surface area contributed by atoms with E-state index >= 15 is 0 Å². The molecule has 0 aliphatic heterocycles. The number of carbonyl (C=O) groups is 1. The second-order valence-electron chi connectivity index (χ2n) is 8.65. The average Bonchev–Trinajstić information content (AvgIpc) is 2.90. The number of hydrogen-bond donors (Lipinski definition) is 1. The van der Waals surface area contributed by atoms with Crippen LogP contribution in [0.25, 0.3) is 22.0 Å². The highest BCUT2D eigenvalue weighted by Gasteiger charge is 2.31. The summed E-state index contributed by atoms with van der Waals surface area (Å²) in [4.78, 5) is 16.4. The summed E-state index contributed by atoms with van der Waals surface area (Å²) in [6.07, 6.45) is -6.86. The molecule has 4 rings (SSSR count). The van der Waals surface area contributed by atoms with Crippen LogP contribution in [-0.2, 0) is 16.1 Å². The van der Waals surface area contributed by atoms with Gasteiger partial charge in [0, 0.05) is 29.1 Å². The van der Waals surface area contributed by atoms with Crippen molar-refractivity contribution in [2.24, 2.45) is 0 Å². The van der Waals surface area contributed by atoms with Crippen molar-refractivity contribution in [1.29, 1.82) is 0 Å². The summed E-state index contributed by atoms with van der Waals surface area (Å²) in [6.45, 7) is 4.39. The third-order valence-electron chi connectivity index (χ3n) is 5.70. The number of alkyl halides is 3. The van der Waals surface area contributed by atoms with Crippen LogP contribution in [0.4, 0.5) is 22.4 Å². The topological polar surface area (TPSA) is 96.3 Å². The number of ether oxygens (including phenoxy) is 5. The molecule has 1 aromatic heterocycles. The van der Waals surface area contributed by atoms with Crippen LogP contribution >= 0.6 is 0 Å². The number of fused-ring (bicyclic) bond motifs is 1. The van der Waals surface area contributed by atoms with Crippen molar-refractivity contribution < 1.29 is 51.1 Å². The zero-order chi connectivity index (χ0) is 29.7. The Morgan fingerprint density at radius 2 is 1.61 bits per heavy atom. The van der Waals surface area contributed by atoms with E-state index in [-0.39, 0.29) is 34.8 Å². The van der Waals surface area contributed by atoms with E-state index in [9.17, 15) is 27.5 Å². The minimum Gasteiger partial charge on any atom is -0.457 e. The fourth-order valence-electron chi connectivity index (χ4n) is 4.01. The molecule has 3 aromatic carbocycles. The molecule has 12 heteroatoms. The number of carbonyl (C=O) groups excluding carboxylic acids is 1. The van der Waals surface area contributed by atoms with Gasteiger partial charge in [-0.1, -0.05) is 12.1 Å². The fraction of sp³-hybridized carbons (Fsp3) is 0.241. The lowest BCUT2D eigenvalue weighted by molar-refractivity contribution is -0.274. The zero-order valence-electron chi connectivity index (χ0n) is 22.1. The smallest absolute Gasteiger partial charge is 0.457 e. The largest absolute Gasteiger partial charge is 0.573 e. The molecule has 1 unspecified atom stereocenters. The molecule has 0 amide bonds. The maximum atomic E-state index is 14.7. The first kappa shape index (κ1) is 29.4. The molecule has 0 bridgehead atoms. The first-order valence-electron chi connectivity index (χ1n) is 12.3. The van der Waals surface area contributed by atoms with Crippen molar-refractivity contribution in [3.63, 3.8) is 0 Å². The molecule has 0 saturated heterocycles. The van der Waals surface area contributed by atoms with Gasteiger partial charge in [0.15, 0.2) is 0 Å². The van der Waals surface area contributed by atoms with Crippen molar-refractivity contribution in [1.82, 2.24) is 4.98 Å². The summed E-state index contributed by atoms with van der Waals surface area (Å²) in [5.41, 5.74) is 1.99. The monoisotopic (exact) mass is 575 g/mol. The lowest BCUT2D eigenvalue weighted by Gasteiger charge is -2.21. The van der Waals surface area contributed by atoms with Gasteiger partial charge in [-0.3, -0.25) is 4.98 Å². The van der Waals surface area contributed by atoms with E-state index in [4.69, 9.17) is 18.9 Å².